The molecule has 0 saturated heterocycles. The van der Waals surface area contributed by atoms with E-state index in [2.05, 4.69) is 4.74 Å². The molecule has 0 aliphatic rings. The fourth-order valence-electron chi connectivity index (χ4n) is 3.33. The fraction of sp³-hybridized carbons (Fsp3) is 0.696. The smallest absolute Gasteiger partial charge is 0.406 e. The SMILES string of the molecule is CC(=O)CCCCCCCCCCCCCCc1ccc(OC(F)(F)F)cc1. The lowest BCUT2D eigenvalue weighted by Gasteiger charge is -2.09. The van der Waals surface area contributed by atoms with E-state index in [1.165, 1.54) is 69.9 Å². The van der Waals surface area contributed by atoms with Gasteiger partial charge in [-0.1, -0.05) is 76.3 Å². The van der Waals surface area contributed by atoms with Crippen LogP contribution in [0.4, 0.5) is 13.2 Å². The van der Waals surface area contributed by atoms with E-state index < -0.39 is 6.36 Å². The Morgan fingerprint density at radius 2 is 1.18 bits per heavy atom. The van der Waals surface area contributed by atoms with Crippen molar-refractivity contribution < 1.29 is 22.7 Å². The van der Waals surface area contributed by atoms with Gasteiger partial charge >= 0.3 is 6.36 Å². The molecule has 160 valence electrons. The van der Waals surface area contributed by atoms with Crippen LogP contribution in [0, 0.1) is 0 Å². The maximum Gasteiger partial charge on any atom is 0.573 e. The number of ether oxygens (including phenoxy) is 1. The molecule has 0 radical (unpaired) electrons. The van der Waals surface area contributed by atoms with E-state index in [4.69, 9.17) is 0 Å². The molecule has 28 heavy (non-hydrogen) atoms. The first-order valence-electron chi connectivity index (χ1n) is 10.7. The molecule has 0 aromatic heterocycles. The fourth-order valence-corrected chi connectivity index (χ4v) is 3.33. The molecule has 0 saturated carbocycles. The molecular formula is C23H35F3O2. The van der Waals surface area contributed by atoms with Crippen LogP contribution in [0.1, 0.15) is 96.0 Å². The largest absolute Gasteiger partial charge is 0.573 e. The number of aryl methyl sites for hydroxylation is 1. The van der Waals surface area contributed by atoms with Crippen molar-refractivity contribution in [2.24, 2.45) is 0 Å². The first-order valence-corrected chi connectivity index (χ1v) is 10.7. The van der Waals surface area contributed by atoms with E-state index in [0.29, 0.717) is 5.78 Å². The lowest BCUT2D eigenvalue weighted by molar-refractivity contribution is -0.274. The summed E-state index contributed by atoms with van der Waals surface area (Å²) < 4.78 is 40.2. The van der Waals surface area contributed by atoms with Crippen molar-refractivity contribution in [2.75, 3.05) is 0 Å². The number of halogens is 3. The molecule has 0 aliphatic carbocycles. The Bertz CT molecular complexity index is 524. The zero-order chi connectivity index (χ0) is 20.7. The summed E-state index contributed by atoms with van der Waals surface area (Å²) in [4.78, 5) is 10.8. The second kappa shape index (κ2) is 14.5. The standard InChI is InChI=1S/C23H35F3O2/c1-20(27)14-12-10-8-6-4-2-3-5-7-9-11-13-15-21-16-18-22(19-17-21)28-23(24,25)26/h16-19H,2-15H2,1H3. The molecule has 0 fully saturated rings. The van der Waals surface area contributed by atoms with Crippen molar-refractivity contribution in [2.45, 2.75) is 103 Å². The Kier molecular flexibility index (Phi) is 12.7. The third-order valence-electron chi connectivity index (χ3n) is 4.90. The number of carbonyl (C=O) groups is 1. The monoisotopic (exact) mass is 400 g/mol. The molecule has 1 aromatic carbocycles. The summed E-state index contributed by atoms with van der Waals surface area (Å²) in [6, 6.07) is 6.18. The van der Waals surface area contributed by atoms with Gasteiger partial charge in [0.2, 0.25) is 0 Å². The Labute approximate surface area is 167 Å². The molecule has 0 amide bonds. The van der Waals surface area contributed by atoms with E-state index in [9.17, 15) is 18.0 Å². The number of ketones is 1. The molecule has 1 aromatic rings. The van der Waals surface area contributed by atoms with E-state index in [1.807, 2.05) is 0 Å². The summed E-state index contributed by atoms with van der Waals surface area (Å²) in [5.74, 6) is 0.140. The van der Waals surface area contributed by atoms with Gasteiger partial charge in [-0.15, -0.1) is 13.2 Å². The summed E-state index contributed by atoms with van der Waals surface area (Å²) in [6.07, 6.45) is 11.7. The van der Waals surface area contributed by atoms with Crippen LogP contribution in [0.15, 0.2) is 24.3 Å². The Morgan fingerprint density at radius 1 is 0.750 bits per heavy atom. The van der Waals surface area contributed by atoms with Crippen molar-refractivity contribution in [3.05, 3.63) is 29.8 Å². The van der Waals surface area contributed by atoms with Crippen LogP contribution in [0.2, 0.25) is 0 Å². The molecule has 0 unspecified atom stereocenters. The van der Waals surface area contributed by atoms with Gasteiger partial charge in [-0.05, 0) is 43.9 Å². The van der Waals surface area contributed by atoms with Crippen LogP contribution in [-0.4, -0.2) is 12.1 Å². The van der Waals surface area contributed by atoms with Crippen molar-refractivity contribution in [1.82, 2.24) is 0 Å². The molecule has 0 spiro atoms. The molecule has 5 heteroatoms. The highest BCUT2D eigenvalue weighted by Gasteiger charge is 2.30. The predicted molar refractivity (Wildman–Crippen MR) is 108 cm³/mol. The highest BCUT2D eigenvalue weighted by Crippen LogP contribution is 2.23. The summed E-state index contributed by atoms with van der Waals surface area (Å²) in [5, 5.41) is 0. The number of carbonyl (C=O) groups excluding carboxylic acids is 1. The second-order valence-electron chi connectivity index (χ2n) is 7.64. The molecule has 0 N–H and O–H groups in total. The minimum absolute atomic E-state index is 0.160. The molecule has 1 rings (SSSR count). The number of alkyl halides is 3. The van der Waals surface area contributed by atoms with Gasteiger partial charge in [0.1, 0.15) is 11.5 Å². The topological polar surface area (TPSA) is 26.3 Å². The lowest BCUT2D eigenvalue weighted by atomic mass is 10.0. The number of unbranched alkanes of at least 4 members (excludes halogenated alkanes) is 11. The summed E-state index contributed by atoms with van der Waals surface area (Å²) in [7, 11) is 0. The second-order valence-corrected chi connectivity index (χ2v) is 7.64. The normalized spacial score (nSPS) is 11.6. The van der Waals surface area contributed by atoms with Crippen LogP contribution < -0.4 is 4.74 Å². The summed E-state index contributed by atoms with van der Waals surface area (Å²) >= 11 is 0. The van der Waals surface area contributed by atoms with Crippen LogP contribution in [0.3, 0.4) is 0 Å². The minimum atomic E-state index is -4.63. The number of benzene rings is 1. The van der Waals surface area contributed by atoms with Crippen molar-refractivity contribution in [1.29, 1.82) is 0 Å². The third-order valence-corrected chi connectivity index (χ3v) is 4.90. The first-order chi connectivity index (χ1) is 13.4. The lowest BCUT2D eigenvalue weighted by Crippen LogP contribution is -2.17. The van der Waals surface area contributed by atoms with Gasteiger partial charge in [0.05, 0.1) is 0 Å². The highest BCUT2D eigenvalue weighted by molar-refractivity contribution is 5.75. The average molecular weight is 401 g/mol. The quantitative estimate of drug-likeness (QED) is 0.265. The van der Waals surface area contributed by atoms with Crippen molar-refractivity contribution >= 4 is 5.78 Å². The van der Waals surface area contributed by atoms with Gasteiger partial charge in [-0.25, -0.2) is 0 Å². The molecule has 2 nitrogen and oxygen atoms in total. The molecule has 0 heterocycles. The van der Waals surface area contributed by atoms with E-state index in [0.717, 1.165) is 37.7 Å². The summed E-state index contributed by atoms with van der Waals surface area (Å²) in [6.45, 7) is 1.66. The van der Waals surface area contributed by atoms with Gasteiger partial charge in [0.25, 0.3) is 0 Å². The van der Waals surface area contributed by atoms with E-state index in [-0.39, 0.29) is 5.75 Å². The molecular weight excluding hydrogens is 365 g/mol. The maximum absolute atomic E-state index is 12.1. The Balaban J connectivity index is 1.89. The molecule has 0 aliphatic heterocycles. The number of rotatable bonds is 16. The first kappa shape index (κ1) is 24.5. The van der Waals surface area contributed by atoms with Gasteiger partial charge in [-0.2, -0.15) is 0 Å². The van der Waals surface area contributed by atoms with Crippen molar-refractivity contribution in [3.8, 4) is 5.75 Å². The van der Waals surface area contributed by atoms with Crippen LogP contribution in [0.5, 0.6) is 5.75 Å². The van der Waals surface area contributed by atoms with Crippen LogP contribution >= 0.6 is 0 Å². The zero-order valence-electron chi connectivity index (χ0n) is 17.2. The minimum Gasteiger partial charge on any atom is -0.406 e. The highest BCUT2D eigenvalue weighted by atomic mass is 19.4. The van der Waals surface area contributed by atoms with Crippen LogP contribution in [0.25, 0.3) is 0 Å². The zero-order valence-corrected chi connectivity index (χ0v) is 17.2. The summed E-state index contributed by atoms with van der Waals surface area (Å²) in [5.41, 5.74) is 1.05. The van der Waals surface area contributed by atoms with Gasteiger partial charge < -0.3 is 9.53 Å². The van der Waals surface area contributed by atoms with Crippen molar-refractivity contribution in [3.63, 3.8) is 0 Å². The van der Waals surface area contributed by atoms with Gasteiger partial charge in [0, 0.05) is 6.42 Å². The van der Waals surface area contributed by atoms with E-state index in [1.54, 1.807) is 19.1 Å². The predicted octanol–water partition coefficient (Wildman–Crippen LogP) is 7.79. The number of Topliss-reactive ketones (excluding diaryl/α,β-unsaturated/α-hetero) is 1. The van der Waals surface area contributed by atoms with Gasteiger partial charge in [0.15, 0.2) is 0 Å². The molecule has 0 bridgehead atoms. The van der Waals surface area contributed by atoms with E-state index >= 15 is 0 Å². The Morgan fingerprint density at radius 3 is 1.61 bits per heavy atom. The number of hydrogen-bond donors (Lipinski definition) is 0. The maximum atomic E-state index is 12.1. The molecule has 0 atom stereocenters. The average Bonchev–Trinajstić information content (AvgIpc) is 2.62. The number of hydrogen-bond acceptors (Lipinski definition) is 2. The third kappa shape index (κ3) is 14.5. The Hall–Kier alpha value is -1.52. The van der Waals surface area contributed by atoms with Crippen LogP contribution in [-0.2, 0) is 11.2 Å². The van der Waals surface area contributed by atoms with Gasteiger partial charge in [-0.3, -0.25) is 0 Å².